The van der Waals surface area contributed by atoms with Gasteiger partial charge < -0.3 is 14.6 Å². The number of anilines is 1. The van der Waals surface area contributed by atoms with Crippen molar-refractivity contribution in [1.82, 2.24) is 4.98 Å². The van der Waals surface area contributed by atoms with Crippen molar-refractivity contribution >= 4 is 39.9 Å². The number of aryl methyl sites for hydroxylation is 1. The number of benzene rings is 2. The Morgan fingerprint density at radius 3 is 2.36 bits per heavy atom. The van der Waals surface area contributed by atoms with E-state index in [1.54, 1.807) is 31.2 Å². The number of carbonyl (C=O) groups excluding carboxylic acids is 3. The van der Waals surface area contributed by atoms with E-state index in [1.165, 1.54) is 12.0 Å². The van der Waals surface area contributed by atoms with Crippen LogP contribution in [0.25, 0.3) is 5.76 Å². The number of amides is 1. The zero-order valence-electron chi connectivity index (χ0n) is 22.7. The highest BCUT2D eigenvalue weighted by atomic mass is 32.1. The molecule has 1 amide bonds. The summed E-state index contributed by atoms with van der Waals surface area (Å²) in [5.41, 5.74) is 2.44. The third kappa shape index (κ3) is 5.59. The molecule has 1 saturated heterocycles. The first kappa shape index (κ1) is 28.0. The van der Waals surface area contributed by atoms with Gasteiger partial charge in [0, 0.05) is 5.56 Å². The number of aromatic nitrogens is 1. The van der Waals surface area contributed by atoms with Gasteiger partial charge >= 0.3 is 11.9 Å². The van der Waals surface area contributed by atoms with Crippen molar-refractivity contribution in [1.29, 1.82) is 0 Å². The van der Waals surface area contributed by atoms with Gasteiger partial charge in [-0.05, 0) is 54.7 Å². The highest BCUT2D eigenvalue weighted by Gasteiger charge is 2.48. The largest absolute Gasteiger partial charge is 0.507 e. The molecule has 3 aromatic rings. The first-order chi connectivity index (χ1) is 18.7. The number of aliphatic hydroxyl groups is 1. The van der Waals surface area contributed by atoms with Crippen LogP contribution in [-0.2, 0) is 14.3 Å². The van der Waals surface area contributed by atoms with Gasteiger partial charge in [-0.25, -0.2) is 9.78 Å². The number of methoxy groups -OCH3 is 1. The predicted octanol–water partition coefficient (Wildman–Crippen LogP) is 6.17. The van der Waals surface area contributed by atoms with Crippen molar-refractivity contribution in [2.24, 2.45) is 0 Å². The molecular formula is C30H32N2O6S. The highest BCUT2D eigenvalue weighted by molar-refractivity contribution is 7.17. The van der Waals surface area contributed by atoms with Crippen LogP contribution in [0.15, 0.2) is 54.1 Å². The van der Waals surface area contributed by atoms with Gasteiger partial charge in [-0.3, -0.25) is 14.5 Å². The quantitative estimate of drug-likeness (QED) is 0.112. The molecule has 2 heterocycles. The summed E-state index contributed by atoms with van der Waals surface area (Å²) in [6, 6.07) is 13.4. The molecule has 39 heavy (non-hydrogen) atoms. The topological polar surface area (TPSA) is 106 Å². The van der Waals surface area contributed by atoms with Crippen LogP contribution in [0.2, 0.25) is 0 Å². The van der Waals surface area contributed by atoms with E-state index in [0.717, 1.165) is 29.7 Å². The standard InChI is InChI=1S/C30H32N2O6S/c1-6-7-16-38-22-14-12-21(13-15-22)25(33)23-24(20-10-8-19(9-11-20)17(2)3)32(28(35)26(23)34)30-31-18(4)27(39-30)29(36)37-5/h8-15,17,24,33H,6-7,16H2,1-5H3/t24-/m1/s1. The third-order valence-electron chi connectivity index (χ3n) is 6.62. The number of hydrogen-bond acceptors (Lipinski definition) is 8. The van der Waals surface area contributed by atoms with Gasteiger partial charge in [0.1, 0.15) is 16.4 Å². The van der Waals surface area contributed by atoms with E-state index in [2.05, 4.69) is 25.8 Å². The number of aliphatic hydroxyl groups excluding tert-OH is 1. The molecule has 0 bridgehead atoms. The minimum Gasteiger partial charge on any atom is -0.507 e. The summed E-state index contributed by atoms with van der Waals surface area (Å²) in [6.45, 7) is 8.45. The molecule has 9 heteroatoms. The molecule has 1 N–H and O–H groups in total. The molecule has 4 rings (SSSR count). The average molecular weight is 549 g/mol. The Morgan fingerprint density at radius 1 is 1.10 bits per heavy atom. The zero-order valence-corrected chi connectivity index (χ0v) is 23.5. The van der Waals surface area contributed by atoms with Gasteiger partial charge in [-0.2, -0.15) is 0 Å². The first-order valence-corrected chi connectivity index (χ1v) is 13.7. The molecule has 1 aliphatic rings. The smallest absolute Gasteiger partial charge is 0.350 e. The second-order valence-electron chi connectivity index (χ2n) is 9.62. The lowest BCUT2D eigenvalue weighted by atomic mass is 9.93. The van der Waals surface area contributed by atoms with Crippen molar-refractivity contribution in [3.05, 3.63) is 81.4 Å². The van der Waals surface area contributed by atoms with Crippen LogP contribution in [0.5, 0.6) is 5.75 Å². The number of esters is 1. The lowest BCUT2D eigenvalue weighted by Crippen LogP contribution is -2.29. The van der Waals surface area contributed by atoms with E-state index in [-0.39, 0.29) is 27.3 Å². The van der Waals surface area contributed by atoms with Gasteiger partial charge in [-0.1, -0.05) is 62.8 Å². The number of thiazole rings is 1. The fourth-order valence-corrected chi connectivity index (χ4v) is 5.39. The molecule has 8 nitrogen and oxygen atoms in total. The summed E-state index contributed by atoms with van der Waals surface area (Å²) < 4.78 is 10.6. The number of unbranched alkanes of at least 4 members (excludes halogenated alkanes) is 1. The summed E-state index contributed by atoms with van der Waals surface area (Å²) in [7, 11) is 1.27. The minimum atomic E-state index is -0.942. The lowest BCUT2D eigenvalue weighted by Gasteiger charge is -2.23. The average Bonchev–Trinajstić information content (AvgIpc) is 3.44. The van der Waals surface area contributed by atoms with Gasteiger partial charge in [0.2, 0.25) is 0 Å². The predicted molar refractivity (Wildman–Crippen MR) is 150 cm³/mol. The zero-order chi connectivity index (χ0) is 28.3. The molecule has 1 aliphatic heterocycles. The molecule has 0 radical (unpaired) electrons. The van der Waals surface area contributed by atoms with Crippen LogP contribution in [-0.4, -0.2) is 41.5 Å². The minimum absolute atomic E-state index is 0.0515. The summed E-state index contributed by atoms with van der Waals surface area (Å²) in [5, 5.41) is 11.6. The van der Waals surface area contributed by atoms with Crippen LogP contribution >= 0.6 is 11.3 Å². The Hall–Kier alpha value is -3.98. The molecule has 0 aliphatic carbocycles. The highest BCUT2D eigenvalue weighted by Crippen LogP contribution is 2.44. The Bertz CT molecular complexity index is 1410. The Kier molecular flexibility index (Phi) is 8.50. The molecule has 0 spiro atoms. The third-order valence-corrected chi connectivity index (χ3v) is 7.76. The molecule has 0 unspecified atom stereocenters. The fraction of sp³-hybridized carbons (Fsp3) is 0.333. The van der Waals surface area contributed by atoms with Crippen molar-refractivity contribution in [3.63, 3.8) is 0 Å². The van der Waals surface area contributed by atoms with Crippen molar-refractivity contribution < 1.29 is 29.0 Å². The normalized spacial score (nSPS) is 16.7. The fourth-order valence-electron chi connectivity index (χ4n) is 4.37. The molecule has 1 aromatic heterocycles. The monoisotopic (exact) mass is 548 g/mol. The van der Waals surface area contributed by atoms with E-state index in [4.69, 9.17) is 9.47 Å². The maximum atomic E-state index is 13.4. The van der Waals surface area contributed by atoms with Gasteiger partial charge in [0.05, 0.1) is 31.0 Å². The van der Waals surface area contributed by atoms with Crippen LogP contribution in [0.3, 0.4) is 0 Å². The summed E-state index contributed by atoms with van der Waals surface area (Å²) >= 11 is 0.969. The summed E-state index contributed by atoms with van der Waals surface area (Å²) in [4.78, 5) is 45.0. The Balaban J connectivity index is 1.83. The molecule has 0 saturated carbocycles. The van der Waals surface area contributed by atoms with E-state index < -0.39 is 23.7 Å². The number of carbonyl (C=O) groups is 3. The van der Waals surface area contributed by atoms with Gasteiger partial charge in [0.15, 0.2) is 5.13 Å². The van der Waals surface area contributed by atoms with Crippen LogP contribution in [0.4, 0.5) is 5.13 Å². The number of Topliss-reactive ketones (excluding diaryl/α,β-unsaturated/α-hetero) is 1. The number of nitrogens with zero attached hydrogens (tertiary/aromatic N) is 2. The lowest BCUT2D eigenvalue weighted by molar-refractivity contribution is -0.132. The number of ether oxygens (including phenoxy) is 2. The van der Waals surface area contributed by atoms with Gasteiger partial charge in [0.25, 0.3) is 5.78 Å². The van der Waals surface area contributed by atoms with Crippen molar-refractivity contribution in [2.45, 2.75) is 52.5 Å². The Labute approximate surface area is 231 Å². The van der Waals surface area contributed by atoms with E-state index in [0.29, 0.717) is 29.2 Å². The van der Waals surface area contributed by atoms with E-state index >= 15 is 0 Å². The first-order valence-electron chi connectivity index (χ1n) is 12.9. The maximum Gasteiger partial charge on any atom is 0.350 e. The second-order valence-corrected chi connectivity index (χ2v) is 10.6. The molecule has 2 aromatic carbocycles. The summed E-state index contributed by atoms with van der Waals surface area (Å²) in [6.07, 6.45) is 1.94. The second kappa shape index (κ2) is 11.8. The van der Waals surface area contributed by atoms with Crippen LogP contribution in [0.1, 0.15) is 77.6 Å². The molecule has 1 atom stereocenters. The molecular weight excluding hydrogens is 516 g/mol. The van der Waals surface area contributed by atoms with Crippen molar-refractivity contribution in [3.8, 4) is 5.75 Å². The molecule has 204 valence electrons. The number of rotatable bonds is 9. The van der Waals surface area contributed by atoms with Gasteiger partial charge in [-0.15, -0.1) is 0 Å². The Morgan fingerprint density at radius 2 is 1.77 bits per heavy atom. The summed E-state index contributed by atoms with van der Waals surface area (Å²) in [5.74, 6) is -1.61. The molecule has 1 fully saturated rings. The van der Waals surface area contributed by atoms with Crippen LogP contribution < -0.4 is 9.64 Å². The maximum absolute atomic E-state index is 13.4. The van der Waals surface area contributed by atoms with Crippen LogP contribution in [0, 0.1) is 6.92 Å². The van der Waals surface area contributed by atoms with E-state index in [9.17, 15) is 19.5 Å². The van der Waals surface area contributed by atoms with E-state index in [1.807, 2.05) is 24.3 Å². The van der Waals surface area contributed by atoms with Crippen molar-refractivity contribution in [2.75, 3.05) is 18.6 Å². The number of hydrogen-bond donors (Lipinski definition) is 1. The SMILES string of the molecule is CCCCOc1ccc(C(O)=C2C(=O)C(=O)N(c3nc(C)c(C(=O)OC)s3)[C@@H]2c2ccc(C(C)C)cc2)cc1. The number of ketones is 1.